The van der Waals surface area contributed by atoms with E-state index in [0.717, 1.165) is 12.8 Å². The average Bonchev–Trinajstić information content (AvgIpc) is 2.44. The van der Waals surface area contributed by atoms with E-state index in [1.54, 1.807) is 7.05 Å². The summed E-state index contributed by atoms with van der Waals surface area (Å²) in [5, 5.41) is 2.66. The van der Waals surface area contributed by atoms with Crippen LogP contribution in [0.1, 0.15) is 39.5 Å². The number of amides is 2. The van der Waals surface area contributed by atoms with Gasteiger partial charge in [-0.05, 0) is 25.7 Å². The summed E-state index contributed by atoms with van der Waals surface area (Å²) in [4.78, 5) is 25.7. The fourth-order valence-corrected chi connectivity index (χ4v) is 2.42. The maximum Gasteiger partial charge on any atom is 0.242 e. The zero-order valence-corrected chi connectivity index (χ0v) is 11.7. The third-order valence-corrected chi connectivity index (χ3v) is 4.09. The Hall–Kier alpha value is -1.10. The van der Waals surface area contributed by atoms with Gasteiger partial charge in [0, 0.05) is 26.1 Å². The smallest absolute Gasteiger partial charge is 0.242 e. The SMILES string of the molecule is CCC(N)(CC)C(=O)N1CCC(C(=O)NC)CC1. The third-order valence-electron chi connectivity index (χ3n) is 4.09. The first kappa shape index (κ1) is 15.0. The topological polar surface area (TPSA) is 75.4 Å². The van der Waals surface area contributed by atoms with Crippen LogP contribution in [0, 0.1) is 5.92 Å². The van der Waals surface area contributed by atoms with E-state index >= 15 is 0 Å². The van der Waals surface area contributed by atoms with E-state index in [1.165, 1.54) is 0 Å². The van der Waals surface area contributed by atoms with E-state index < -0.39 is 5.54 Å². The Bertz CT molecular complexity index is 305. The van der Waals surface area contributed by atoms with E-state index in [1.807, 2.05) is 18.7 Å². The van der Waals surface area contributed by atoms with Crippen LogP contribution in [0.5, 0.6) is 0 Å². The molecule has 1 aliphatic rings. The number of nitrogens with one attached hydrogen (secondary N) is 1. The van der Waals surface area contributed by atoms with Gasteiger partial charge in [0.05, 0.1) is 5.54 Å². The number of hydrogen-bond donors (Lipinski definition) is 2. The molecule has 1 saturated heterocycles. The van der Waals surface area contributed by atoms with E-state index in [9.17, 15) is 9.59 Å². The lowest BCUT2D eigenvalue weighted by Crippen LogP contribution is -2.56. The van der Waals surface area contributed by atoms with Crippen LogP contribution in [0.2, 0.25) is 0 Å². The quantitative estimate of drug-likeness (QED) is 0.767. The van der Waals surface area contributed by atoms with Gasteiger partial charge in [0.15, 0.2) is 0 Å². The predicted octanol–water partition coefficient (Wildman–Crippen LogP) is 0.489. The van der Waals surface area contributed by atoms with Crippen molar-refractivity contribution in [3.05, 3.63) is 0 Å². The molecule has 0 aromatic heterocycles. The number of carbonyl (C=O) groups excluding carboxylic acids is 2. The van der Waals surface area contributed by atoms with Crippen LogP contribution in [-0.4, -0.2) is 42.4 Å². The van der Waals surface area contributed by atoms with E-state index in [2.05, 4.69) is 5.32 Å². The van der Waals surface area contributed by atoms with Gasteiger partial charge in [-0.2, -0.15) is 0 Å². The summed E-state index contributed by atoms with van der Waals surface area (Å²) in [5.74, 6) is 0.143. The summed E-state index contributed by atoms with van der Waals surface area (Å²) in [6.45, 7) is 5.16. The van der Waals surface area contributed by atoms with Crippen molar-refractivity contribution in [2.24, 2.45) is 11.7 Å². The molecule has 2 amide bonds. The Morgan fingerprint density at radius 1 is 1.28 bits per heavy atom. The minimum Gasteiger partial charge on any atom is -0.359 e. The molecule has 5 heteroatoms. The highest BCUT2D eigenvalue weighted by molar-refractivity contribution is 5.86. The fourth-order valence-electron chi connectivity index (χ4n) is 2.42. The number of nitrogens with two attached hydrogens (primary N) is 1. The molecule has 0 bridgehead atoms. The Morgan fingerprint density at radius 2 is 1.78 bits per heavy atom. The standard InChI is InChI=1S/C13H25N3O2/c1-4-13(14,5-2)12(18)16-8-6-10(7-9-16)11(17)15-3/h10H,4-9,14H2,1-3H3,(H,15,17). The second-order valence-electron chi connectivity index (χ2n) is 5.04. The van der Waals surface area contributed by atoms with Crippen LogP contribution in [0.25, 0.3) is 0 Å². The summed E-state index contributed by atoms with van der Waals surface area (Å²) < 4.78 is 0. The summed E-state index contributed by atoms with van der Waals surface area (Å²) in [6, 6.07) is 0. The Kier molecular flexibility index (Phi) is 5.14. The molecule has 1 aliphatic heterocycles. The molecule has 0 aromatic carbocycles. The number of nitrogens with zero attached hydrogens (tertiary/aromatic N) is 1. The predicted molar refractivity (Wildman–Crippen MR) is 70.9 cm³/mol. The molecular formula is C13H25N3O2. The van der Waals surface area contributed by atoms with Gasteiger partial charge in [0.25, 0.3) is 0 Å². The average molecular weight is 255 g/mol. The molecule has 0 aromatic rings. The summed E-state index contributed by atoms with van der Waals surface area (Å²) in [6.07, 6.45) is 2.76. The zero-order chi connectivity index (χ0) is 13.8. The Morgan fingerprint density at radius 3 is 2.17 bits per heavy atom. The highest BCUT2D eigenvalue weighted by Gasteiger charge is 2.36. The van der Waals surface area contributed by atoms with Crippen molar-refractivity contribution in [2.45, 2.75) is 45.1 Å². The summed E-state index contributed by atoms with van der Waals surface area (Å²) >= 11 is 0. The van der Waals surface area contributed by atoms with Gasteiger partial charge >= 0.3 is 0 Å². The molecule has 0 spiro atoms. The van der Waals surface area contributed by atoms with Gasteiger partial charge in [-0.1, -0.05) is 13.8 Å². The van der Waals surface area contributed by atoms with Crippen LogP contribution < -0.4 is 11.1 Å². The van der Waals surface area contributed by atoms with Crippen LogP contribution in [-0.2, 0) is 9.59 Å². The summed E-state index contributed by atoms with van der Waals surface area (Å²) in [5.41, 5.74) is 5.38. The van der Waals surface area contributed by atoms with E-state index in [4.69, 9.17) is 5.73 Å². The lowest BCUT2D eigenvalue weighted by molar-refractivity contribution is -0.140. The molecule has 5 nitrogen and oxygen atoms in total. The van der Waals surface area contributed by atoms with Gasteiger partial charge in [0.1, 0.15) is 0 Å². The highest BCUT2D eigenvalue weighted by Crippen LogP contribution is 2.22. The molecule has 0 unspecified atom stereocenters. The van der Waals surface area contributed by atoms with Gasteiger partial charge in [-0.3, -0.25) is 9.59 Å². The van der Waals surface area contributed by atoms with E-state index in [0.29, 0.717) is 25.9 Å². The van der Waals surface area contributed by atoms with Crippen LogP contribution in [0.4, 0.5) is 0 Å². The second kappa shape index (κ2) is 6.18. The number of carbonyl (C=O) groups is 2. The van der Waals surface area contributed by atoms with Crippen molar-refractivity contribution < 1.29 is 9.59 Å². The van der Waals surface area contributed by atoms with Crippen molar-refractivity contribution in [3.63, 3.8) is 0 Å². The second-order valence-corrected chi connectivity index (χ2v) is 5.04. The van der Waals surface area contributed by atoms with Gasteiger partial charge < -0.3 is 16.0 Å². The Balaban J connectivity index is 2.58. The first-order valence-electron chi connectivity index (χ1n) is 6.78. The number of hydrogen-bond acceptors (Lipinski definition) is 3. The molecule has 0 radical (unpaired) electrons. The first-order valence-corrected chi connectivity index (χ1v) is 6.78. The lowest BCUT2D eigenvalue weighted by Gasteiger charge is -2.37. The monoisotopic (exact) mass is 255 g/mol. The van der Waals surface area contributed by atoms with Crippen molar-refractivity contribution in [1.29, 1.82) is 0 Å². The minimum atomic E-state index is -0.736. The molecule has 0 atom stereocenters. The minimum absolute atomic E-state index is 0.0304. The number of likely N-dealkylation sites (tertiary alicyclic amines) is 1. The Labute approximate surface area is 109 Å². The van der Waals surface area contributed by atoms with Crippen LogP contribution in [0.3, 0.4) is 0 Å². The van der Waals surface area contributed by atoms with Gasteiger partial charge in [0.2, 0.25) is 11.8 Å². The fraction of sp³-hybridized carbons (Fsp3) is 0.846. The van der Waals surface area contributed by atoms with Gasteiger partial charge in [-0.15, -0.1) is 0 Å². The molecule has 1 heterocycles. The number of rotatable bonds is 4. The molecular weight excluding hydrogens is 230 g/mol. The van der Waals surface area contributed by atoms with E-state index in [-0.39, 0.29) is 17.7 Å². The van der Waals surface area contributed by atoms with Crippen molar-refractivity contribution in [3.8, 4) is 0 Å². The van der Waals surface area contributed by atoms with Crippen molar-refractivity contribution in [1.82, 2.24) is 10.2 Å². The largest absolute Gasteiger partial charge is 0.359 e. The molecule has 1 fully saturated rings. The molecule has 3 N–H and O–H groups in total. The molecule has 104 valence electrons. The normalized spacial score (nSPS) is 17.7. The maximum atomic E-state index is 12.3. The lowest BCUT2D eigenvalue weighted by atomic mass is 9.89. The molecule has 0 saturated carbocycles. The van der Waals surface area contributed by atoms with Crippen LogP contribution >= 0.6 is 0 Å². The molecule has 0 aliphatic carbocycles. The van der Waals surface area contributed by atoms with Gasteiger partial charge in [-0.25, -0.2) is 0 Å². The van der Waals surface area contributed by atoms with Crippen LogP contribution in [0.15, 0.2) is 0 Å². The zero-order valence-electron chi connectivity index (χ0n) is 11.7. The summed E-state index contributed by atoms with van der Waals surface area (Å²) in [7, 11) is 1.65. The van der Waals surface area contributed by atoms with Crippen molar-refractivity contribution >= 4 is 11.8 Å². The third kappa shape index (κ3) is 3.02. The molecule has 1 rings (SSSR count). The molecule has 18 heavy (non-hydrogen) atoms. The maximum absolute atomic E-state index is 12.3. The first-order chi connectivity index (χ1) is 8.48. The number of piperidine rings is 1. The van der Waals surface area contributed by atoms with Crippen molar-refractivity contribution in [2.75, 3.05) is 20.1 Å². The highest BCUT2D eigenvalue weighted by atomic mass is 16.2.